The van der Waals surface area contributed by atoms with E-state index in [1.54, 1.807) is 24.3 Å². The van der Waals surface area contributed by atoms with Gasteiger partial charge in [-0.2, -0.15) is 4.39 Å². The van der Waals surface area contributed by atoms with E-state index in [0.29, 0.717) is 11.1 Å². The number of benzene rings is 2. The molecule has 0 aliphatic heterocycles. The molecule has 0 amide bonds. The summed E-state index contributed by atoms with van der Waals surface area (Å²) in [7, 11) is 0. The lowest BCUT2D eigenvalue weighted by Crippen LogP contribution is -2.04. The lowest BCUT2D eigenvalue weighted by Gasteiger charge is -2.12. The van der Waals surface area contributed by atoms with E-state index < -0.39 is 12.1 Å². The Labute approximate surface area is 110 Å². The normalized spacial score (nSPS) is 12.5. The fraction of sp³-hybridized carbons (Fsp3) is 0.0625. The lowest BCUT2D eigenvalue weighted by molar-refractivity contribution is 0.214. The molecule has 0 bridgehead atoms. The highest BCUT2D eigenvalue weighted by Crippen LogP contribution is 2.26. The third-order valence-corrected chi connectivity index (χ3v) is 3.11. The van der Waals surface area contributed by atoms with Crippen molar-refractivity contribution in [1.82, 2.24) is 4.98 Å². The van der Waals surface area contributed by atoms with Crippen LogP contribution < -0.4 is 0 Å². The molecule has 0 saturated carbocycles. The van der Waals surface area contributed by atoms with Crippen molar-refractivity contribution >= 4 is 10.9 Å². The predicted molar refractivity (Wildman–Crippen MR) is 72.2 cm³/mol. The van der Waals surface area contributed by atoms with Gasteiger partial charge in [0, 0.05) is 10.9 Å². The van der Waals surface area contributed by atoms with Gasteiger partial charge in [0.05, 0.1) is 5.52 Å². The van der Waals surface area contributed by atoms with Crippen LogP contribution in [0.4, 0.5) is 4.39 Å². The Morgan fingerprint density at radius 2 is 1.63 bits per heavy atom. The number of hydrogen-bond acceptors (Lipinski definition) is 2. The van der Waals surface area contributed by atoms with Gasteiger partial charge in [-0.05, 0) is 17.7 Å². The third kappa shape index (κ3) is 2.20. The van der Waals surface area contributed by atoms with E-state index >= 15 is 0 Å². The molecule has 0 fully saturated rings. The first-order valence-corrected chi connectivity index (χ1v) is 6.04. The number of fused-ring (bicyclic) bond motifs is 1. The number of pyridine rings is 1. The first-order valence-electron chi connectivity index (χ1n) is 6.04. The number of aromatic nitrogens is 1. The van der Waals surface area contributed by atoms with Crippen LogP contribution in [0.15, 0.2) is 60.7 Å². The molecule has 0 radical (unpaired) electrons. The summed E-state index contributed by atoms with van der Waals surface area (Å²) in [6, 6.07) is 17.9. The van der Waals surface area contributed by atoms with E-state index in [-0.39, 0.29) is 5.56 Å². The van der Waals surface area contributed by atoms with Crippen molar-refractivity contribution in [1.29, 1.82) is 0 Å². The molecule has 2 nitrogen and oxygen atoms in total. The number of rotatable bonds is 2. The summed E-state index contributed by atoms with van der Waals surface area (Å²) in [4.78, 5) is 3.90. The van der Waals surface area contributed by atoms with E-state index in [0.717, 1.165) is 5.39 Å². The van der Waals surface area contributed by atoms with Crippen molar-refractivity contribution < 1.29 is 9.50 Å². The molecule has 1 atom stereocenters. The van der Waals surface area contributed by atoms with Gasteiger partial charge in [-0.15, -0.1) is 0 Å². The second-order valence-electron chi connectivity index (χ2n) is 4.37. The largest absolute Gasteiger partial charge is 0.383 e. The zero-order chi connectivity index (χ0) is 13.2. The van der Waals surface area contributed by atoms with Crippen molar-refractivity contribution in [2.75, 3.05) is 0 Å². The summed E-state index contributed by atoms with van der Waals surface area (Å²) in [6.45, 7) is 0. The highest BCUT2D eigenvalue weighted by Gasteiger charge is 2.16. The molecule has 2 aromatic carbocycles. The number of aliphatic hydroxyl groups excluding tert-OH is 1. The molecule has 0 spiro atoms. The molecule has 1 heterocycles. The van der Waals surface area contributed by atoms with Crippen molar-refractivity contribution in [3.63, 3.8) is 0 Å². The Hall–Kier alpha value is -2.26. The lowest BCUT2D eigenvalue weighted by atomic mass is 10.0. The molecule has 1 N–H and O–H groups in total. The van der Waals surface area contributed by atoms with Crippen LogP contribution in [-0.2, 0) is 0 Å². The number of hydrogen-bond donors (Lipinski definition) is 1. The van der Waals surface area contributed by atoms with Crippen molar-refractivity contribution in [2.45, 2.75) is 6.10 Å². The van der Waals surface area contributed by atoms with Crippen LogP contribution in [0, 0.1) is 5.95 Å². The minimum Gasteiger partial charge on any atom is -0.383 e. The topological polar surface area (TPSA) is 33.1 Å². The number of para-hydroxylation sites is 1. The minimum atomic E-state index is -1.00. The van der Waals surface area contributed by atoms with Gasteiger partial charge in [-0.3, -0.25) is 0 Å². The van der Waals surface area contributed by atoms with Gasteiger partial charge in [0.1, 0.15) is 6.10 Å². The minimum absolute atomic E-state index is 0.199. The quantitative estimate of drug-likeness (QED) is 0.709. The summed E-state index contributed by atoms with van der Waals surface area (Å²) in [5.74, 6) is -0.630. The molecular weight excluding hydrogens is 241 g/mol. The zero-order valence-electron chi connectivity index (χ0n) is 10.1. The Morgan fingerprint density at radius 1 is 0.947 bits per heavy atom. The van der Waals surface area contributed by atoms with Crippen LogP contribution in [0.1, 0.15) is 17.2 Å². The summed E-state index contributed by atoms with van der Waals surface area (Å²) in [5.41, 5.74) is 1.44. The fourth-order valence-electron chi connectivity index (χ4n) is 2.12. The average Bonchev–Trinajstić information content (AvgIpc) is 2.47. The van der Waals surface area contributed by atoms with Crippen LogP contribution in [-0.4, -0.2) is 10.1 Å². The van der Waals surface area contributed by atoms with Crippen LogP contribution in [0.5, 0.6) is 0 Å². The molecule has 3 rings (SSSR count). The number of halogens is 1. The highest BCUT2D eigenvalue weighted by molar-refractivity contribution is 5.79. The first kappa shape index (κ1) is 11.8. The van der Waals surface area contributed by atoms with Crippen molar-refractivity contribution in [3.05, 3.63) is 77.7 Å². The van der Waals surface area contributed by atoms with Crippen LogP contribution in [0.3, 0.4) is 0 Å². The second-order valence-corrected chi connectivity index (χ2v) is 4.37. The van der Waals surface area contributed by atoms with Gasteiger partial charge < -0.3 is 5.11 Å². The Balaban J connectivity index is 2.12. The molecule has 1 aromatic heterocycles. The maximum absolute atomic E-state index is 14.0. The van der Waals surface area contributed by atoms with Gasteiger partial charge in [-0.1, -0.05) is 48.5 Å². The van der Waals surface area contributed by atoms with E-state index in [4.69, 9.17) is 0 Å². The molecule has 0 aliphatic carbocycles. The SMILES string of the molecule is OC(c1ccccc1)c1cc2ccccc2nc1F. The van der Waals surface area contributed by atoms with Gasteiger partial charge >= 0.3 is 0 Å². The molecule has 0 aliphatic rings. The van der Waals surface area contributed by atoms with E-state index in [9.17, 15) is 9.50 Å². The molecular formula is C16H12FNO. The monoisotopic (exact) mass is 253 g/mol. The fourth-order valence-corrected chi connectivity index (χ4v) is 2.12. The van der Waals surface area contributed by atoms with Gasteiger partial charge in [-0.25, -0.2) is 4.98 Å². The summed E-state index contributed by atoms with van der Waals surface area (Å²) >= 11 is 0. The van der Waals surface area contributed by atoms with Crippen LogP contribution in [0.2, 0.25) is 0 Å². The molecule has 1 unspecified atom stereocenters. The molecule has 0 saturated heterocycles. The van der Waals surface area contributed by atoms with Crippen LogP contribution in [0.25, 0.3) is 10.9 Å². The van der Waals surface area contributed by atoms with E-state index in [2.05, 4.69) is 4.98 Å². The maximum atomic E-state index is 14.0. The molecule has 94 valence electrons. The predicted octanol–water partition coefficient (Wildman–Crippen LogP) is 3.46. The van der Waals surface area contributed by atoms with Gasteiger partial charge in [0.25, 0.3) is 0 Å². The molecule has 3 heteroatoms. The first-order chi connectivity index (χ1) is 9.25. The summed E-state index contributed by atoms with van der Waals surface area (Å²) in [5, 5.41) is 11.1. The van der Waals surface area contributed by atoms with E-state index in [1.165, 1.54) is 0 Å². The number of nitrogens with zero attached hydrogens (tertiary/aromatic N) is 1. The van der Waals surface area contributed by atoms with Gasteiger partial charge in [0.15, 0.2) is 0 Å². The standard InChI is InChI=1S/C16H12FNO/c17-16-13(15(19)11-6-2-1-3-7-11)10-12-8-4-5-9-14(12)18-16/h1-10,15,19H. The second kappa shape index (κ2) is 4.78. The van der Waals surface area contributed by atoms with Gasteiger partial charge in [0.2, 0.25) is 5.95 Å². The zero-order valence-corrected chi connectivity index (χ0v) is 10.1. The summed E-state index contributed by atoms with van der Waals surface area (Å²) < 4.78 is 14.0. The Morgan fingerprint density at radius 3 is 2.42 bits per heavy atom. The molecule has 3 aromatic rings. The Bertz CT molecular complexity index is 712. The van der Waals surface area contributed by atoms with Crippen molar-refractivity contribution in [2.24, 2.45) is 0 Å². The summed E-state index contributed by atoms with van der Waals surface area (Å²) in [6.07, 6.45) is -1.00. The molecule has 19 heavy (non-hydrogen) atoms. The highest BCUT2D eigenvalue weighted by atomic mass is 19.1. The Kier molecular flexibility index (Phi) is 2.97. The number of aliphatic hydroxyl groups is 1. The smallest absolute Gasteiger partial charge is 0.219 e. The van der Waals surface area contributed by atoms with E-state index in [1.807, 2.05) is 36.4 Å². The maximum Gasteiger partial charge on any atom is 0.219 e. The average molecular weight is 253 g/mol. The van der Waals surface area contributed by atoms with Crippen molar-refractivity contribution in [3.8, 4) is 0 Å². The third-order valence-electron chi connectivity index (χ3n) is 3.11. The van der Waals surface area contributed by atoms with Crippen LogP contribution >= 0.6 is 0 Å².